The number of alkyl halides is 2. The van der Waals surface area contributed by atoms with Crippen LogP contribution in [0, 0.1) is 0 Å². The second-order valence-electron chi connectivity index (χ2n) is 5.00. The Bertz CT molecular complexity index is 467. The Morgan fingerprint density at radius 3 is 3.05 bits per heavy atom. The highest BCUT2D eigenvalue weighted by Gasteiger charge is 2.30. The highest BCUT2D eigenvalue weighted by Crippen LogP contribution is 2.26. The Morgan fingerprint density at radius 2 is 2.33 bits per heavy atom. The fraction of sp³-hybridized carbons (Fsp3) is 0.643. The van der Waals surface area contributed by atoms with Crippen LogP contribution in [0.15, 0.2) is 16.5 Å². The summed E-state index contributed by atoms with van der Waals surface area (Å²) < 4.78 is 29.6. The summed E-state index contributed by atoms with van der Waals surface area (Å²) >= 11 is 0.474. The second-order valence-corrected chi connectivity index (χ2v) is 5.98. The van der Waals surface area contributed by atoms with Gasteiger partial charge in [0.25, 0.3) is 11.7 Å². The summed E-state index contributed by atoms with van der Waals surface area (Å²) in [5.41, 5.74) is 0. The van der Waals surface area contributed by atoms with Crippen LogP contribution >= 0.6 is 11.8 Å². The average molecular weight is 319 g/mol. The van der Waals surface area contributed by atoms with Gasteiger partial charge in [0.1, 0.15) is 5.76 Å². The minimum absolute atomic E-state index is 0.0545. The maximum absolute atomic E-state index is 12.4. The number of rotatable bonds is 7. The van der Waals surface area contributed by atoms with E-state index >= 15 is 0 Å². The molecule has 1 aromatic rings. The van der Waals surface area contributed by atoms with E-state index in [2.05, 4.69) is 0 Å². The molecule has 4 nitrogen and oxygen atoms in total. The molecule has 0 bridgehead atoms. The molecule has 0 saturated carbocycles. The molecule has 118 valence electrons. The number of carbonyl (C=O) groups excluding carboxylic acids is 1. The number of aliphatic hydroxyl groups excluding tert-OH is 1. The van der Waals surface area contributed by atoms with Crippen molar-refractivity contribution in [3.05, 3.63) is 23.7 Å². The van der Waals surface area contributed by atoms with Gasteiger partial charge < -0.3 is 14.4 Å². The van der Waals surface area contributed by atoms with Gasteiger partial charge in [-0.2, -0.15) is 8.78 Å². The molecule has 7 heteroatoms. The van der Waals surface area contributed by atoms with Gasteiger partial charge in [-0.1, -0.05) is 11.8 Å². The smallest absolute Gasteiger partial charge is 0.289 e. The van der Waals surface area contributed by atoms with E-state index in [1.807, 2.05) is 0 Å². The zero-order chi connectivity index (χ0) is 15.2. The number of hydrogen-bond acceptors (Lipinski definition) is 4. The van der Waals surface area contributed by atoms with E-state index in [0.29, 0.717) is 30.5 Å². The predicted octanol–water partition coefficient (Wildman–Crippen LogP) is 3.11. The van der Waals surface area contributed by atoms with Crippen molar-refractivity contribution in [2.24, 2.45) is 0 Å². The lowest BCUT2D eigenvalue weighted by Crippen LogP contribution is -2.35. The number of amides is 1. The van der Waals surface area contributed by atoms with E-state index in [4.69, 9.17) is 9.52 Å². The van der Waals surface area contributed by atoms with E-state index in [-0.39, 0.29) is 30.1 Å². The molecule has 1 aromatic heterocycles. The molecule has 2 rings (SSSR count). The normalized spacial score (nSPS) is 18.7. The van der Waals surface area contributed by atoms with Crippen LogP contribution in [0.1, 0.15) is 42.0 Å². The van der Waals surface area contributed by atoms with Crippen LogP contribution in [-0.2, 0) is 5.75 Å². The van der Waals surface area contributed by atoms with E-state index < -0.39 is 5.76 Å². The Hall–Kier alpha value is -1.08. The molecule has 1 fully saturated rings. The molecule has 0 radical (unpaired) electrons. The zero-order valence-corrected chi connectivity index (χ0v) is 12.5. The molecule has 0 aromatic carbocycles. The molecule has 1 atom stereocenters. The van der Waals surface area contributed by atoms with Crippen molar-refractivity contribution in [2.75, 3.05) is 13.2 Å². The molecule has 1 N–H and O–H groups in total. The lowest BCUT2D eigenvalue weighted by molar-refractivity contribution is 0.0691. The lowest BCUT2D eigenvalue weighted by atomic mass is 10.1. The molecule has 1 saturated heterocycles. The number of aliphatic hydroxyl groups is 1. The van der Waals surface area contributed by atoms with Gasteiger partial charge in [-0.05, 0) is 37.8 Å². The summed E-state index contributed by atoms with van der Waals surface area (Å²) in [6.07, 6.45) is 3.32. The van der Waals surface area contributed by atoms with Crippen molar-refractivity contribution in [1.82, 2.24) is 4.90 Å². The Labute approximate surface area is 126 Å². The second kappa shape index (κ2) is 7.79. The standard InChI is InChI=1S/C14H19F2NO3S/c15-14(16)21-9-11-5-6-12(20-11)13(19)17-7-1-3-10(17)4-2-8-18/h5-6,10,14,18H,1-4,7-9H2. The van der Waals surface area contributed by atoms with E-state index in [1.165, 1.54) is 0 Å². The van der Waals surface area contributed by atoms with Crippen molar-refractivity contribution < 1.29 is 23.1 Å². The number of thioether (sulfide) groups is 1. The van der Waals surface area contributed by atoms with Gasteiger partial charge in [0.2, 0.25) is 0 Å². The monoisotopic (exact) mass is 319 g/mol. The maximum atomic E-state index is 12.4. The highest BCUT2D eigenvalue weighted by molar-refractivity contribution is 7.98. The van der Waals surface area contributed by atoms with E-state index in [1.54, 1.807) is 17.0 Å². The number of halogens is 2. The Kier molecular flexibility index (Phi) is 6.05. The minimum atomic E-state index is -2.45. The van der Waals surface area contributed by atoms with Gasteiger partial charge in [-0.25, -0.2) is 0 Å². The molecular weight excluding hydrogens is 300 g/mol. The highest BCUT2D eigenvalue weighted by atomic mass is 32.2. The summed E-state index contributed by atoms with van der Waals surface area (Å²) in [6.45, 7) is 0.797. The van der Waals surface area contributed by atoms with Crippen molar-refractivity contribution in [2.45, 2.75) is 43.2 Å². The fourth-order valence-electron chi connectivity index (χ4n) is 2.59. The van der Waals surface area contributed by atoms with Gasteiger partial charge in [0.15, 0.2) is 5.76 Å². The third-order valence-corrected chi connectivity index (χ3v) is 4.26. The molecule has 1 aliphatic heterocycles. The molecule has 0 aliphatic carbocycles. The first-order chi connectivity index (χ1) is 10.1. The fourth-order valence-corrected chi connectivity index (χ4v) is 3.03. The first kappa shape index (κ1) is 16.3. The zero-order valence-electron chi connectivity index (χ0n) is 11.6. The number of carbonyl (C=O) groups is 1. The summed E-state index contributed by atoms with van der Waals surface area (Å²) in [6, 6.07) is 3.25. The first-order valence-electron chi connectivity index (χ1n) is 7.02. The lowest BCUT2D eigenvalue weighted by Gasteiger charge is -2.23. The predicted molar refractivity (Wildman–Crippen MR) is 76.4 cm³/mol. The van der Waals surface area contributed by atoms with Crippen LogP contribution in [0.2, 0.25) is 0 Å². The molecule has 2 heterocycles. The van der Waals surface area contributed by atoms with Crippen molar-refractivity contribution >= 4 is 17.7 Å². The van der Waals surface area contributed by atoms with E-state index in [0.717, 1.165) is 19.3 Å². The van der Waals surface area contributed by atoms with Gasteiger partial charge >= 0.3 is 0 Å². The average Bonchev–Trinajstić information content (AvgIpc) is 3.11. The van der Waals surface area contributed by atoms with Crippen molar-refractivity contribution in [1.29, 1.82) is 0 Å². The number of likely N-dealkylation sites (tertiary alicyclic amines) is 1. The van der Waals surface area contributed by atoms with Crippen LogP contribution in [0.5, 0.6) is 0 Å². The van der Waals surface area contributed by atoms with Crippen LogP contribution in [0.4, 0.5) is 8.78 Å². The van der Waals surface area contributed by atoms with Crippen LogP contribution in [0.3, 0.4) is 0 Å². The summed E-state index contributed by atoms with van der Waals surface area (Å²) in [4.78, 5) is 14.1. The van der Waals surface area contributed by atoms with Gasteiger partial charge in [0.05, 0.1) is 5.75 Å². The van der Waals surface area contributed by atoms with E-state index in [9.17, 15) is 13.6 Å². The molecule has 1 aliphatic rings. The van der Waals surface area contributed by atoms with Gasteiger partial charge in [-0.15, -0.1) is 0 Å². The number of hydrogen-bond donors (Lipinski definition) is 1. The Morgan fingerprint density at radius 1 is 1.52 bits per heavy atom. The number of nitrogens with zero attached hydrogens (tertiary/aromatic N) is 1. The minimum Gasteiger partial charge on any atom is -0.455 e. The third kappa shape index (κ3) is 4.44. The van der Waals surface area contributed by atoms with Gasteiger partial charge in [-0.3, -0.25) is 4.79 Å². The van der Waals surface area contributed by atoms with Crippen molar-refractivity contribution in [3.8, 4) is 0 Å². The maximum Gasteiger partial charge on any atom is 0.289 e. The molecule has 1 amide bonds. The SMILES string of the molecule is O=C(c1ccc(CSC(F)F)o1)N1CCCC1CCCO. The third-order valence-electron chi connectivity index (χ3n) is 3.56. The molecule has 21 heavy (non-hydrogen) atoms. The number of furan rings is 1. The molecule has 1 unspecified atom stereocenters. The van der Waals surface area contributed by atoms with Crippen LogP contribution in [0.25, 0.3) is 0 Å². The van der Waals surface area contributed by atoms with Crippen molar-refractivity contribution in [3.63, 3.8) is 0 Å². The summed E-state index contributed by atoms with van der Waals surface area (Å²) in [5, 5.41) is 8.89. The molecular formula is C14H19F2NO3S. The summed E-state index contributed by atoms with van der Waals surface area (Å²) in [5.74, 6) is -2.00. The summed E-state index contributed by atoms with van der Waals surface area (Å²) in [7, 11) is 0. The van der Waals surface area contributed by atoms with Crippen LogP contribution < -0.4 is 0 Å². The van der Waals surface area contributed by atoms with Gasteiger partial charge in [0, 0.05) is 19.2 Å². The topological polar surface area (TPSA) is 53.7 Å². The largest absolute Gasteiger partial charge is 0.455 e. The molecule has 0 spiro atoms. The van der Waals surface area contributed by atoms with Crippen LogP contribution in [-0.4, -0.2) is 40.9 Å². The first-order valence-corrected chi connectivity index (χ1v) is 8.07. The Balaban J connectivity index is 1.95. The quantitative estimate of drug-likeness (QED) is 0.839.